The molecule has 0 fully saturated rings. The fourth-order valence-electron chi connectivity index (χ4n) is 3.82. The number of anilines is 1. The number of pyridine rings is 1. The van der Waals surface area contributed by atoms with Gasteiger partial charge >= 0.3 is 5.97 Å². The predicted octanol–water partition coefficient (Wildman–Crippen LogP) is 4.40. The van der Waals surface area contributed by atoms with Gasteiger partial charge in [0.05, 0.1) is 11.1 Å². The second kappa shape index (κ2) is 9.32. The number of halogens is 1. The van der Waals surface area contributed by atoms with Gasteiger partial charge in [0.1, 0.15) is 0 Å². The number of benzene rings is 2. The van der Waals surface area contributed by atoms with Crippen LogP contribution < -0.4 is 5.32 Å². The van der Waals surface area contributed by atoms with Crippen LogP contribution in [0.25, 0.3) is 10.9 Å². The summed E-state index contributed by atoms with van der Waals surface area (Å²) in [6, 6.07) is 15.1. The van der Waals surface area contributed by atoms with Crippen molar-refractivity contribution in [2.45, 2.75) is 32.4 Å². The van der Waals surface area contributed by atoms with Crippen molar-refractivity contribution in [1.82, 2.24) is 9.88 Å². The van der Waals surface area contributed by atoms with E-state index in [1.54, 1.807) is 0 Å². The Kier molecular flexibility index (Phi) is 6.52. The summed E-state index contributed by atoms with van der Waals surface area (Å²) in [7, 11) is 2.02. The average Bonchev–Trinajstić information content (AvgIpc) is 2.77. The molecule has 4 rings (SSSR count). The molecule has 1 aromatic heterocycles. The molecular formula is C24H24IN3O3. The van der Waals surface area contributed by atoms with Crippen LogP contribution >= 0.6 is 22.6 Å². The first-order valence-corrected chi connectivity index (χ1v) is 11.4. The van der Waals surface area contributed by atoms with E-state index in [0.717, 1.165) is 38.7 Å². The van der Waals surface area contributed by atoms with E-state index in [1.807, 2.05) is 62.5 Å². The Balaban J connectivity index is 1.63. The Morgan fingerprint density at radius 2 is 1.94 bits per heavy atom. The molecule has 3 aromatic rings. The molecule has 2 heterocycles. The zero-order valence-electron chi connectivity index (χ0n) is 17.5. The Labute approximate surface area is 195 Å². The van der Waals surface area contributed by atoms with Crippen molar-refractivity contribution in [3.05, 3.63) is 68.9 Å². The van der Waals surface area contributed by atoms with Gasteiger partial charge in [-0.3, -0.25) is 9.78 Å². The van der Waals surface area contributed by atoms with Crippen LogP contribution in [0, 0.1) is 3.57 Å². The van der Waals surface area contributed by atoms with Crippen LogP contribution in [0.5, 0.6) is 0 Å². The molecule has 0 aliphatic carbocycles. The zero-order valence-corrected chi connectivity index (χ0v) is 19.7. The highest BCUT2D eigenvalue weighted by Gasteiger charge is 2.28. The number of esters is 1. The second-order valence-electron chi connectivity index (χ2n) is 7.72. The minimum atomic E-state index is -0.879. The largest absolute Gasteiger partial charge is 0.449 e. The van der Waals surface area contributed by atoms with Gasteiger partial charge in [0.15, 0.2) is 6.10 Å². The first-order chi connectivity index (χ1) is 15.0. The van der Waals surface area contributed by atoms with Crippen LogP contribution in [-0.2, 0) is 22.5 Å². The van der Waals surface area contributed by atoms with Crippen LogP contribution in [0.4, 0.5) is 5.69 Å². The lowest BCUT2D eigenvalue weighted by atomic mass is 9.96. The van der Waals surface area contributed by atoms with Crippen LogP contribution in [-0.4, -0.2) is 41.5 Å². The SMILES string of the molecule is CCC(OC(=O)c1c2c(nc3ccccc13)CCN(C)C2)C(=O)Nc1ccc(I)cc1. The van der Waals surface area contributed by atoms with Crippen LogP contribution in [0.3, 0.4) is 0 Å². The van der Waals surface area contributed by atoms with E-state index in [0.29, 0.717) is 24.2 Å². The predicted molar refractivity (Wildman–Crippen MR) is 129 cm³/mol. The highest BCUT2D eigenvalue weighted by atomic mass is 127. The third-order valence-corrected chi connectivity index (χ3v) is 6.18. The highest BCUT2D eigenvalue weighted by molar-refractivity contribution is 14.1. The summed E-state index contributed by atoms with van der Waals surface area (Å²) in [6.07, 6.45) is 0.282. The molecule has 0 bridgehead atoms. The van der Waals surface area contributed by atoms with Crippen LogP contribution in [0.2, 0.25) is 0 Å². The van der Waals surface area contributed by atoms with Gasteiger partial charge in [-0.25, -0.2) is 4.79 Å². The molecule has 1 aliphatic heterocycles. The van der Waals surface area contributed by atoms with Gasteiger partial charge in [-0.15, -0.1) is 0 Å². The Bertz CT molecular complexity index is 1130. The molecule has 160 valence electrons. The lowest BCUT2D eigenvalue weighted by Crippen LogP contribution is -2.34. The van der Waals surface area contributed by atoms with Gasteiger partial charge in [-0.2, -0.15) is 0 Å². The molecule has 2 aromatic carbocycles. The molecule has 0 saturated carbocycles. The molecule has 31 heavy (non-hydrogen) atoms. The monoisotopic (exact) mass is 529 g/mol. The first kappa shape index (κ1) is 21.7. The van der Waals surface area contributed by atoms with Gasteiger partial charge in [0, 0.05) is 45.4 Å². The normalized spacial score (nSPS) is 14.7. The number of hydrogen-bond acceptors (Lipinski definition) is 5. The van der Waals surface area contributed by atoms with Crippen molar-refractivity contribution in [3.8, 4) is 0 Å². The van der Waals surface area contributed by atoms with E-state index in [9.17, 15) is 9.59 Å². The Morgan fingerprint density at radius 1 is 1.19 bits per heavy atom. The van der Waals surface area contributed by atoms with Crippen LogP contribution in [0.15, 0.2) is 48.5 Å². The number of carbonyl (C=O) groups is 2. The number of fused-ring (bicyclic) bond motifs is 2. The summed E-state index contributed by atoms with van der Waals surface area (Å²) in [5, 5.41) is 3.60. The van der Waals surface area contributed by atoms with E-state index in [-0.39, 0.29) is 5.91 Å². The molecule has 0 radical (unpaired) electrons. The average molecular weight is 529 g/mol. The smallest absolute Gasteiger partial charge is 0.340 e. The third-order valence-electron chi connectivity index (χ3n) is 5.47. The second-order valence-corrected chi connectivity index (χ2v) is 8.96. The third kappa shape index (κ3) is 4.72. The summed E-state index contributed by atoms with van der Waals surface area (Å²) >= 11 is 2.21. The standard InChI is InChI=1S/C24H24IN3O3/c1-3-21(23(29)26-16-10-8-15(25)9-11-16)31-24(30)22-17-6-4-5-7-19(17)27-20-12-13-28(2)14-18(20)22/h4-11,21H,3,12-14H2,1-2H3,(H,26,29). The van der Waals surface area contributed by atoms with Crippen LogP contribution in [0.1, 0.15) is 35.0 Å². The number of nitrogens with one attached hydrogen (secondary N) is 1. The number of hydrogen-bond donors (Lipinski definition) is 1. The summed E-state index contributed by atoms with van der Waals surface area (Å²) < 4.78 is 6.83. The maximum absolute atomic E-state index is 13.4. The number of rotatable bonds is 5. The summed E-state index contributed by atoms with van der Waals surface area (Å²) in [5.74, 6) is -0.809. The molecule has 1 atom stereocenters. The van der Waals surface area contributed by atoms with Gasteiger partial charge < -0.3 is 15.0 Å². The Morgan fingerprint density at radius 3 is 2.68 bits per heavy atom. The van der Waals surface area contributed by atoms with Gasteiger partial charge in [0.2, 0.25) is 0 Å². The fraction of sp³-hybridized carbons (Fsp3) is 0.292. The van der Waals surface area contributed by atoms with E-state index < -0.39 is 12.1 Å². The minimum Gasteiger partial charge on any atom is -0.449 e. The summed E-state index contributed by atoms with van der Waals surface area (Å²) in [4.78, 5) is 33.1. The maximum atomic E-state index is 13.4. The van der Waals surface area contributed by atoms with E-state index >= 15 is 0 Å². The highest BCUT2D eigenvalue weighted by Crippen LogP contribution is 2.29. The van der Waals surface area contributed by atoms with Crippen molar-refractivity contribution >= 4 is 51.1 Å². The molecule has 6 nitrogen and oxygen atoms in total. The topological polar surface area (TPSA) is 71.5 Å². The van der Waals surface area contributed by atoms with E-state index in [1.165, 1.54) is 0 Å². The molecule has 0 spiro atoms. The Hall–Kier alpha value is -2.52. The molecule has 7 heteroatoms. The molecule has 1 N–H and O–H groups in total. The number of amides is 1. The molecular weight excluding hydrogens is 505 g/mol. The quantitative estimate of drug-likeness (QED) is 0.392. The zero-order chi connectivity index (χ0) is 22.0. The number of nitrogens with zero attached hydrogens (tertiary/aromatic N) is 2. The lowest BCUT2D eigenvalue weighted by Gasteiger charge is -2.27. The number of para-hydroxylation sites is 1. The van der Waals surface area contributed by atoms with Crippen molar-refractivity contribution in [3.63, 3.8) is 0 Å². The van der Waals surface area contributed by atoms with Crippen molar-refractivity contribution in [2.24, 2.45) is 0 Å². The van der Waals surface area contributed by atoms with E-state index in [2.05, 4.69) is 32.8 Å². The number of carbonyl (C=O) groups excluding carboxylic acids is 2. The van der Waals surface area contributed by atoms with Crippen molar-refractivity contribution < 1.29 is 14.3 Å². The molecule has 1 aliphatic rings. The summed E-state index contributed by atoms with van der Waals surface area (Å²) in [5.41, 5.74) is 3.79. The number of aromatic nitrogens is 1. The van der Waals surface area contributed by atoms with E-state index in [4.69, 9.17) is 9.72 Å². The maximum Gasteiger partial charge on any atom is 0.340 e. The number of ether oxygens (including phenoxy) is 1. The first-order valence-electron chi connectivity index (χ1n) is 10.3. The number of likely N-dealkylation sites (N-methyl/N-ethyl adjacent to an activating group) is 1. The molecule has 1 amide bonds. The lowest BCUT2D eigenvalue weighted by molar-refractivity contribution is -0.124. The molecule has 1 unspecified atom stereocenters. The van der Waals surface area contributed by atoms with Gasteiger partial charge in [-0.1, -0.05) is 25.1 Å². The van der Waals surface area contributed by atoms with Crippen molar-refractivity contribution in [1.29, 1.82) is 0 Å². The van der Waals surface area contributed by atoms with Gasteiger partial charge in [0.25, 0.3) is 5.91 Å². The molecule has 0 saturated heterocycles. The fourth-order valence-corrected chi connectivity index (χ4v) is 4.18. The van der Waals surface area contributed by atoms with Gasteiger partial charge in [-0.05, 0) is 66.4 Å². The van der Waals surface area contributed by atoms with Crippen molar-refractivity contribution in [2.75, 3.05) is 18.9 Å². The minimum absolute atomic E-state index is 0.332. The summed E-state index contributed by atoms with van der Waals surface area (Å²) in [6.45, 7) is 3.35.